The van der Waals surface area contributed by atoms with E-state index in [1.54, 1.807) is 11.0 Å². The number of nitrogens with zero attached hydrogens (tertiary/aromatic N) is 3. The van der Waals surface area contributed by atoms with Gasteiger partial charge in [-0.05, 0) is 31.9 Å². The van der Waals surface area contributed by atoms with Crippen LogP contribution in [0.5, 0.6) is 0 Å². The second-order valence-corrected chi connectivity index (χ2v) is 9.55. The molecule has 172 valence electrons. The first kappa shape index (κ1) is 21.9. The van der Waals surface area contributed by atoms with Crippen molar-refractivity contribution in [3.63, 3.8) is 0 Å². The van der Waals surface area contributed by atoms with Crippen molar-refractivity contribution in [2.24, 2.45) is 0 Å². The fourth-order valence-corrected chi connectivity index (χ4v) is 5.71. The van der Waals surface area contributed by atoms with Crippen molar-refractivity contribution in [2.75, 3.05) is 28.6 Å². The number of fused-ring (bicyclic) bond motifs is 1. The number of hydrogen-bond donors (Lipinski definition) is 0. The number of ether oxygens (including phenoxy) is 1. The van der Waals surface area contributed by atoms with Crippen molar-refractivity contribution >= 4 is 45.8 Å². The lowest BCUT2D eigenvalue weighted by atomic mass is 10.0. The lowest BCUT2D eigenvalue weighted by Crippen LogP contribution is -2.46. The summed E-state index contributed by atoms with van der Waals surface area (Å²) in [7, 11) is 0. The molecule has 1 aromatic heterocycles. The number of hydrogen-bond acceptors (Lipinski definition) is 7. The van der Waals surface area contributed by atoms with Crippen LogP contribution in [-0.2, 0) is 11.2 Å². The largest absolute Gasteiger partial charge is 0.372 e. The zero-order valence-electron chi connectivity index (χ0n) is 18.4. The molecule has 2 aromatic carbocycles. The van der Waals surface area contributed by atoms with Gasteiger partial charge in [0.1, 0.15) is 0 Å². The Kier molecular flexibility index (Phi) is 5.84. The number of rotatable bonds is 5. The molecule has 33 heavy (non-hydrogen) atoms. The molecular weight excluding hydrogens is 445 g/mol. The summed E-state index contributed by atoms with van der Waals surface area (Å²) in [6, 6.07) is 11.3. The number of amides is 1. The van der Waals surface area contributed by atoms with Crippen LogP contribution in [0.15, 0.2) is 40.9 Å². The maximum atomic E-state index is 15.7. The summed E-state index contributed by atoms with van der Waals surface area (Å²) in [6.07, 6.45) is 1.07. The van der Waals surface area contributed by atoms with Crippen LogP contribution < -0.4 is 9.80 Å². The number of carbonyl (C=O) groups excluding carboxylic acids is 2. The maximum Gasteiger partial charge on any atom is 0.287 e. The normalized spacial score (nSPS) is 23.5. The number of halogens is 1. The summed E-state index contributed by atoms with van der Waals surface area (Å²) in [5, 5.41) is 4.24. The fourth-order valence-electron chi connectivity index (χ4n) is 4.74. The Balaban J connectivity index is 1.55. The number of carbonyl (C=O) groups is 2. The van der Waals surface area contributed by atoms with E-state index in [9.17, 15) is 9.59 Å². The summed E-state index contributed by atoms with van der Waals surface area (Å²) in [5.74, 6) is 0.193. The minimum absolute atomic E-state index is 0.0550. The first-order valence-corrected chi connectivity index (χ1v) is 11.9. The molecule has 1 amide bonds. The predicted molar refractivity (Wildman–Crippen MR) is 126 cm³/mol. The number of anilines is 2. The van der Waals surface area contributed by atoms with Gasteiger partial charge in [0.2, 0.25) is 5.58 Å². The summed E-state index contributed by atoms with van der Waals surface area (Å²) in [4.78, 5) is 28.1. The zero-order valence-corrected chi connectivity index (χ0v) is 19.2. The molecule has 2 aliphatic rings. The molecule has 0 radical (unpaired) electrons. The number of benzene rings is 2. The van der Waals surface area contributed by atoms with Crippen molar-refractivity contribution in [1.29, 1.82) is 0 Å². The highest BCUT2D eigenvalue weighted by atomic mass is 32.2. The molecular formula is C24H24FN3O4S. The Morgan fingerprint density at radius 1 is 1.21 bits per heavy atom. The van der Waals surface area contributed by atoms with Crippen LogP contribution in [0, 0.1) is 5.82 Å². The van der Waals surface area contributed by atoms with Gasteiger partial charge in [-0.3, -0.25) is 14.5 Å². The van der Waals surface area contributed by atoms with E-state index in [1.807, 2.05) is 49.1 Å². The van der Waals surface area contributed by atoms with Crippen LogP contribution >= 0.6 is 11.8 Å². The minimum atomic E-state index is -0.645. The quantitative estimate of drug-likeness (QED) is 0.502. The van der Waals surface area contributed by atoms with Crippen LogP contribution in [0.25, 0.3) is 11.0 Å². The lowest BCUT2D eigenvalue weighted by molar-refractivity contribution is -0.00543. The van der Waals surface area contributed by atoms with Gasteiger partial charge in [-0.2, -0.15) is 0 Å². The van der Waals surface area contributed by atoms with Crippen LogP contribution in [0.4, 0.5) is 20.7 Å². The smallest absolute Gasteiger partial charge is 0.287 e. The molecule has 7 nitrogen and oxygen atoms in total. The second-order valence-electron chi connectivity index (χ2n) is 8.58. The van der Waals surface area contributed by atoms with Crippen molar-refractivity contribution in [1.82, 2.24) is 5.16 Å². The fraction of sp³-hybridized carbons (Fsp3) is 0.375. The van der Waals surface area contributed by atoms with Crippen molar-refractivity contribution < 1.29 is 23.2 Å². The van der Waals surface area contributed by atoms with Crippen LogP contribution in [-0.4, -0.2) is 53.8 Å². The molecule has 3 aromatic rings. The van der Waals surface area contributed by atoms with Crippen molar-refractivity contribution in [2.45, 2.75) is 38.5 Å². The van der Waals surface area contributed by atoms with Gasteiger partial charge in [0.25, 0.3) is 5.24 Å². The van der Waals surface area contributed by atoms with Crippen molar-refractivity contribution in [3.8, 4) is 0 Å². The third kappa shape index (κ3) is 4.00. The molecule has 0 N–H and O–H groups in total. The number of thioether (sulfide) groups is 1. The Morgan fingerprint density at radius 3 is 2.64 bits per heavy atom. The minimum Gasteiger partial charge on any atom is -0.372 e. The van der Waals surface area contributed by atoms with Gasteiger partial charge in [-0.15, -0.1) is 0 Å². The summed E-state index contributed by atoms with van der Waals surface area (Å²) in [6.45, 7) is 4.73. The van der Waals surface area contributed by atoms with E-state index in [-0.39, 0.29) is 46.1 Å². The molecule has 3 atom stereocenters. The van der Waals surface area contributed by atoms with Gasteiger partial charge in [-0.25, -0.2) is 4.39 Å². The SMILES string of the molecule is C[C@@H]1CN(c2c(C=O)cc3c(N4C(=O)SC[C@@H]4Cc4ccccc4)noc3c2F)C[C@@H](C)O1. The van der Waals surface area contributed by atoms with Crippen LogP contribution in [0.3, 0.4) is 0 Å². The molecule has 0 spiro atoms. The first-order chi connectivity index (χ1) is 16.0. The maximum absolute atomic E-state index is 15.7. The zero-order chi connectivity index (χ0) is 23.1. The Hall–Kier alpha value is -2.91. The highest BCUT2D eigenvalue weighted by molar-refractivity contribution is 8.14. The summed E-state index contributed by atoms with van der Waals surface area (Å²) < 4.78 is 26.9. The third-order valence-corrected chi connectivity index (χ3v) is 7.05. The second kappa shape index (κ2) is 8.79. The third-order valence-electron chi connectivity index (χ3n) is 6.06. The Morgan fingerprint density at radius 2 is 1.94 bits per heavy atom. The van der Waals surface area contributed by atoms with Gasteiger partial charge in [0, 0.05) is 24.4 Å². The molecule has 2 aliphatic heterocycles. The van der Waals surface area contributed by atoms with Crippen LogP contribution in [0.1, 0.15) is 29.8 Å². The molecule has 2 saturated heterocycles. The van der Waals surface area contributed by atoms with Gasteiger partial charge in [0.05, 0.1) is 29.3 Å². The first-order valence-electron chi connectivity index (χ1n) is 10.9. The highest BCUT2D eigenvalue weighted by Crippen LogP contribution is 2.40. The molecule has 5 rings (SSSR count). The predicted octanol–water partition coefficient (Wildman–Crippen LogP) is 4.68. The molecule has 0 aliphatic carbocycles. The molecule has 0 unspecified atom stereocenters. The molecule has 0 bridgehead atoms. The van der Waals surface area contributed by atoms with Gasteiger partial charge >= 0.3 is 0 Å². The summed E-state index contributed by atoms with van der Waals surface area (Å²) in [5.41, 5.74) is 1.42. The average molecular weight is 470 g/mol. The Bertz CT molecular complexity index is 1190. The monoisotopic (exact) mass is 469 g/mol. The van der Waals surface area contributed by atoms with Gasteiger partial charge < -0.3 is 14.2 Å². The Labute approximate surface area is 194 Å². The van der Waals surface area contributed by atoms with Gasteiger partial charge in [0.15, 0.2) is 17.9 Å². The topological polar surface area (TPSA) is 75.9 Å². The van der Waals surface area contributed by atoms with Gasteiger partial charge in [-0.1, -0.05) is 47.3 Å². The average Bonchev–Trinajstić information content (AvgIpc) is 3.36. The van der Waals surface area contributed by atoms with Crippen molar-refractivity contribution in [3.05, 3.63) is 53.3 Å². The van der Waals surface area contributed by atoms with E-state index in [4.69, 9.17) is 9.26 Å². The number of aromatic nitrogens is 1. The molecule has 9 heteroatoms. The van der Waals surface area contributed by atoms with E-state index in [2.05, 4.69) is 5.16 Å². The number of aldehydes is 1. The highest BCUT2D eigenvalue weighted by Gasteiger charge is 2.37. The van der Waals surface area contributed by atoms with E-state index < -0.39 is 5.82 Å². The lowest BCUT2D eigenvalue weighted by Gasteiger charge is -2.37. The van der Waals surface area contributed by atoms with E-state index in [0.29, 0.717) is 36.9 Å². The standard InChI is InChI=1S/C24H24FN3O4S/c1-14-10-27(11-15(2)31-14)21-17(12-29)9-19-22(20(21)25)32-26-23(19)28-18(13-33-24(28)30)8-16-6-4-3-5-7-16/h3-7,9,12,14-15,18H,8,10-11,13H2,1-2H3/t14-,15-,18+/m1/s1. The van der Waals surface area contributed by atoms with E-state index in [0.717, 1.165) is 5.56 Å². The van der Waals surface area contributed by atoms with E-state index >= 15 is 4.39 Å². The molecule has 3 heterocycles. The molecule has 0 saturated carbocycles. The van der Waals surface area contributed by atoms with E-state index in [1.165, 1.54) is 11.8 Å². The molecule has 2 fully saturated rings. The van der Waals surface area contributed by atoms with Crippen LogP contribution in [0.2, 0.25) is 0 Å². The number of morpholine rings is 1. The summed E-state index contributed by atoms with van der Waals surface area (Å²) >= 11 is 1.20.